The Morgan fingerprint density at radius 1 is 1.39 bits per heavy atom. The number of nitrogens with one attached hydrogen (secondary N) is 1. The topological polar surface area (TPSA) is 47.1 Å². The fraction of sp³-hybridized carbons (Fsp3) is 0.200. The third-order valence-corrected chi connectivity index (χ3v) is 5.31. The zero-order chi connectivity index (χ0) is 20.6. The SMILES string of the molecule is C=CC[n+]1c(C)n(C)c2cc(C(=O)OC)c(Nc3ccc(I)cc3F)c(F)c21. The average molecular weight is 498 g/mol. The maximum absolute atomic E-state index is 15.6. The molecule has 1 heterocycles. The third kappa shape index (κ3) is 3.36. The number of ether oxygens (including phenoxy) is 1. The second-order valence-electron chi connectivity index (χ2n) is 6.23. The number of carbonyl (C=O) groups is 1. The molecule has 28 heavy (non-hydrogen) atoms. The van der Waals surface area contributed by atoms with Gasteiger partial charge in [-0.1, -0.05) is 12.7 Å². The van der Waals surface area contributed by atoms with Crippen LogP contribution in [0, 0.1) is 22.1 Å². The van der Waals surface area contributed by atoms with Crippen LogP contribution in [-0.4, -0.2) is 17.6 Å². The molecule has 8 heteroatoms. The third-order valence-electron chi connectivity index (χ3n) is 4.64. The Labute approximate surface area is 174 Å². The van der Waals surface area contributed by atoms with Crippen molar-refractivity contribution < 1.29 is 22.9 Å². The van der Waals surface area contributed by atoms with E-state index in [-0.39, 0.29) is 16.9 Å². The highest BCUT2D eigenvalue weighted by atomic mass is 127. The zero-order valence-electron chi connectivity index (χ0n) is 15.6. The standard InChI is InChI=1S/C20H18F2IN3O2/c1-5-8-26-11(2)25(3)16-10-13(20(27)28-4)18(17(22)19(16)26)24-15-7-6-12(23)9-14(15)21/h5-7,9-10H,1,8H2,2-4H3/p+1. The van der Waals surface area contributed by atoms with Crippen molar-refractivity contribution in [3.63, 3.8) is 0 Å². The molecule has 3 aromatic rings. The smallest absolute Gasteiger partial charge is 0.340 e. The van der Waals surface area contributed by atoms with Crippen LogP contribution in [-0.2, 0) is 18.3 Å². The van der Waals surface area contributed by atoms with E-state index in [4.69, 9.17) is 4.74 Å². The quantitative estimate of drug-likeness (QED) is 0.246. The number of carbonyl (C=O) groups excluding carboxylic acids is 1. The van der Waals surface area contributed by atoms with Crippen molar-refractivity contribution in [3.05, 3.63) is 63.5 Å². The molecule has 1 N–H and O–H groups in total. The second kappa shape index (κ2) is 7.86. The maximum atomic E-state index is 15.6. The van der Waals surface area contributed by atoms with Gasteiger partial charge in [-0.25, -0.2) is 18.3 Å². The number of hydrogen-bond donors (Lipinski definition) is 1. The van der Waals surface area contributed by atoms with Gasteiger partial charge in [0, 0.05) is 16.6 Å². The predicted molar refractivity (Wildman–Crippen MR) is 112 cm³/mol. The van der Waals surface area contributed by atoms with E-state index in [1.165, 1.54) is 19.2 Å². The largest absolute Gasteiger partial charge is 0.465 e. The van der Waals surface area contributed by atoms with Gasteiger partial charge >= 0.3 is 5.97 Å². The summed E-state index contributed by atoms with van der Waals surface area (Å²) in [6, 6.07) is 6.05. The van der Waals surface area contributed by atoms with Gasteiger partial charge < -0.3 is 10.1 Å². The number of aromatic nitrogens is 2. The Kier molecular flexibility index (Phi) is 5.69. The molecular formula is C20H19F2IN3O2+. The van der Waals surface area contributed by atoms with Crippen LogP contribution in [0.2, 0.25) is 0 Å². The Hall–Kier alpha value is -2.49. The highest BCUT2D eigenvalue weighted by molar-refractivity contribution is 14.1. The van der Waals surface area contributed by atoms with Crippen molar-refractivity contribution in [3.8, 4) is 0 Å². The summed E-state index contributed by atoms with van der Waals surface area (Å²) in [7, 11) is 3.00. The summed E-state index contributed by atoms with van der Waals surface area (Å²) in [5.41, 5.74) is 0.721. The van der Waals surface area contributed by atoms with Crippen LogP contribution < -0.4 is 9.88 Å². The molecule has 0 saturated carbocycles. The van der Waals surface area contributed by atoms with E-state index in [1.807, 2.05) is 29.5 Å². The van der Waals surface area contributed by atoms with Crippen molar-refractivity contribution in [2.45, 2.75) is 13.5 Å². The fourth-order valence-corrected chi connectivity index (χ4v) is 3.58. The van der Waals surface area contributed by atoms with Gasteiger partial charge in [-0.15, -0.1) is 0 Å². The molecular weight excluding hydrogens is 479 g/mol. The molecule has 1 aromatic heterocycles. The number of methoxy groups -OCH3 is 1. The van der Waals surface area contributed by atoms with E-state index in [1.54, 1.807) is 34.4 Å². The number of hydrogen-bond acceptors (Lipinski definition) is 3. The van der Waals surface area contributed by atoms with Crippen LogP contribution >= 0.6 is 22.6 Å². The van der Waals surface area contributed by atoms with Crippen LogP contribution in [0.25, 0.3) is 11.0 Å². The number of nitrogens with zero attached hydrogens (tertiary/aromatic N) is 2. The van der Waals surface area contributed by atoms with Gasteiger partial charge in [0.05, 0.1) is 31.1 Å². The van der Waals surface area contributed by atoms with Crippen molar-refractivity contribution in [2.75, 3.05) is 12.4 Å². The maximum Gasteiger partial charge on any atom is 0.340 e. The highest BCUT2D eigenvalue weighted by Crippen LogP contribution is 2.32. The van der Waals surface area contributed by atoms with Gasteiger partial charge in [-0.3, -0.25) is 0 Å². The van der Waals surface area contributed by atoms with Crippen LogP contribution in [0.3, 0.4) is 0 Å². The number of esters is 1. The van der Waals surface area contributed by atoms with E-state index in [9.17, 15) is 9.18 Å². The fourth-order valence-electron chi connectivity index (χ4n) is 3.13. The first-order valence-corrected chi connectivity index (χ1v) is 9.50. The van der Waals surface area contributed by atoms with E-state index >= 15 is 4.39 Å². The number of imidazole rings is 1. The molecule has 0 unspecified atom stereocenters. The van der Waals surface area contributed by atoms with Crippen LogP contribution in [0.5, 0.6) is 0 Å². The molecule has 0 bridgehead atoms. The molecule has 0 fully saturated rings. The summed E-state index contributed by atoms with van der Waals surface area (Å²) < 4.78 is 39.0. The normalized spacial score (nSPS) is 10.9. The summed E-state index contributed by atoms with van der Waals surface area (Å²) >= 11 is 1.98. The molecule has 0 spiro atoms. The van der Waals surface area contributed by atoms with Crippen molar-refractivity contribution in [1.29, 1.82) is 0 Å². The summed E-state index contributed by atoms with van der Waals surface area (Å²) in [4.78, 5) is 12.3. The van der Waals surface area contributed by atoms with E-state index in [2.05, 4.69) is 11.9 Å². The molecule has 0 aliphatic carbocycles. The number of rotatable bonds is 5. The molecule has 0 atom stereocenters. The molecule has 3 rings (SSSR count). The molecule has 0 aliphatic heterocycles. The molecule has 0 radical (unpaired) electrons. The molecule has 146 valence electrons. The first-order chi connectivity index (χ1) is 13.3. The second-order valence-corrected chi connectivity index (χ2v) is 7.47. The molecule has 2 aromatic carbocycles. The summed E-state index contributed by atoms with van der Waals surface area (Å²) in [6.45, 7) is 5.94. The molecule has 0 aliphatic rings. The minimum Gasteiger partial charge on any atom is -0.465 e. The Morgan fingerprint density at radius 3 is 2.71 bits per heavy atom. The minimum atomic E-state index is -0.719. The molecule has 0 amide bonds. The Balaban J connectivity index is 2.32. The van der Waals surface area contributed by atoms with Crippen molar-refractivity contribution in [1.82, 2.24) is 4.57 Å². The van der Waals surface area contributed by atoms with E-state index in [0.717, 1.165) is 5.82 Å². The minimum absolute atomic E-state index is 0.0168. The van der Waals surface area contributed by atoms with Crippen molar-refractivity contribution in [2.24, 2.45) is 7.05 Å². The lowest BCUT2D eigenvalue weighted by atomic mass is 10.1. The van der Waals surface area contributed by atoms with Crippen LogP contribution in [0.15, 0.2) is 36.9 Å². The number of fused-ring (bicyclic) bond motifs is 1. The first kappa shape index (κ1) is 20.2. The van der Waals surface area contributed by atoms with Crippen LogP contribution in [0.1, 0.15) is 16.2 Å². The predicted octanol–water partition coefficient (Wildman–Crippen LogP) is 4.37. The number of anilines is 2. The first-order valence-electron chi connectivity index (χ1n) is 8.42. The molecule has 5 nitrogen and oxygen atoms in total. The van der Waals surface area contributed by atoms with Gasteiger partial charge in [0.25, 0.3) is 5.82 Å². The lowest BCUT2D eigenvalue weighted by molar-refractivity contribution is -0.668. The van der Waals surface area contributed by atoms with Gasteiger partial charge in [-0.2, -0.15) is 4.39 Å². The van der Waals surface area contributed by atoms with E-state index in [0.29, 0.717) is 21.1 Å². The van der Waals surface area contributed by atoms with E-state index < -0.39 is 17.6 Å². The van der Waals surface area contributed by atoms with Crippen molar-refractivity contribution >= 4 is 51.0 Å². The van der Waals surface area contributed by atoms with Gasteiger partial charge in [0.1, 0.15) is 12.4 Å². The van der Waals surface area contributed by atoms with Gasteiger partial charge in [-0.05, 0) is 40.8 Å². The number of halogens is 3. The highest BCUT2D eigenvalue weighted by Gasteiger charge is 2.29. The number of aryl methyl sites for hydroxylation is 1. The zero-order valence-corrected chi connectivity index (χ0v) is 17.8. The lowest BCUT2D eigenvalue weighted by Crippen LogP contribution is -2.36. The number of allylic oxidation sites excluding steroid dienone is 1. The van der Waals surface area contributed by atoms with Gasteiger partial charge in [0.15, 0.2) is 11.3 Å². The Morgan fingerprint density at radius 2 is 2.11 bits per heavy atom. The van der Waals surface area contributed by atoms with Crippen LogP contribution in [0.4, 0.5) is 20.2 Å². The lowest BCUT2D eigenvalue weighted by Gasteiger charge is -2.13. The van der Waals surface area contributed by atoms with Gasteiger partial charge in [0.2, 0.25) is 5.52 Å². The number of benzene rings is 2. The average Bonchev–Trinajstić information content (AvgIpc) is 2.90. The summed E-state index contributed by atoms with van der Waals surface area (Å²) in [5, 5.41) is 2.74. The summed E-state index contributed by atoms with van der Waals surface area (Å²) in [5.74, 6) is -1.16. The summed E-state index contributed by atoms with van der Waals surface area (Å²) in [6.07, 6.45) is 1.66. The Bertz CT molecular complexity index is 1110. The monoisotopic (exact) mass is 498 g/mol. The molecule has 0 saturated heterocycles.